The SMILES string of the molecule is COc1ccc(F)cc1NC(=O)CC(N)C(=O)O. The number of hydrogen-bond donors (Lipinski definition) is 3. The third kappa shape index (κ3) is 3.70. The zero-order chi connectivity index (χ0) is 13.7. The molecule has 1 aromatic carbocycles. The van der Waals surface area contributed by atoms with E-state index in [1.807, 2.05) is 0 Å². The van der Waals surface area contributed by atoms with E-state index >= 15 is 0 Å². The molecule has 0 saturated heterocycles. The molecule has 1 aromatic rings. The Morgan fingerprint density at radius 2 is 2.22 bits per heavy atom. The number of benzene rings is 1. The molecule has 0 aromatic heterocycles. The van der Waals surface area contributed by atoms with E-state index in [1.165, 1.54) is 19.2 Å². The molecular formula is C11H13FN2O4. The van der Waals surface area contributed by atoms with Gasteiger partial charge in [-0.3, -0.25) is 9.59 Å². The standard InChI is InChI=1S/C11H13FN2O4/c1-18-9-3-2-6(12)4-8(9)14-10(15)5-7(13)11(16)17/h2-4,7H,5,13H2,1H3,(H,14,15)(H,16,17). The third-order valence-electron chi connectivity index (χ3n) is 2.16. The molecule has 4 N–H and O–H groups in total. The molecule has 0 aliphatic heterocycles. The van der Waals surface area contributed by atoms with Gasteiger partial charge in [0, 0.05) is 6.07 Å². The van der Waals surface area contributed by atoms with Gasteiger partial charge in [-0.25, -0.2) is 4.39 Å². The van der Waals surface area contributed by atoms with E-state index in [4.69, 9.17) is 15.6 Å². The van der Waals surface area contributed by atoms with Crippen LogP contribution in [-0.2, 0) is 9.59 Å². The van der Waals surface area contributed by atoms with Gasteiger partial charge in [-0.1, -0.05) is 0 Å². The van der Waals surface area contributed by atoms with Crippen LogP contribution in [0.15, 0.2) is 18.2 Å². The number of rotatable bonds is 5. The quantitative estimate of drug-likeness (QED) is 0.715. The van der Waals surface area contributed by atoms with Crippen LogP contribution in [0.5, 0.6) is 5.75 Å². The van der Waals surface area contributed by atoms with Crippen LogP contribution in [0, 0.1) is 5.82 Å². The average Bonchev–Trinajstić information content (AvgIpc) is 2.28. The summed E-state index contributed by atoms with van der Waals surface area (Å²) in [5.74, 6) is -2.19. The summed E-state index contributed by atoms with van der Waals surface area (Å²) in [6, 6.07) is 2.30. The van der Waals surface area contributed by atoms with Gasteiger partial charge in [-0.15, -0.1) is 0 Å². The predicted octanol–water partition coefficient (Wildman–Crippen LogP) is 0.575. The molecule has 0 spiro atoms. The number of carboxylic acids is 1. The maximum atomic E-state index is 13.0. The number of hydrogen-bond acceptors (Lipinski definition) is 4. The first-order valence-electron chi connectivity index (χ1n) is 5.06. The number of amides is 1. The van der Waals surface area contributed by atoms with Crippen LogP contribution < -0.4 is 15.8 Å². The molecular weight excluding hydrogens is 243 g/mol. The van der Waals surface area contributed by atoms with Crippen LogP contribution in [0.4, 0.5) is 10.1 Å². The van der Waals surface area contributed by atoms with Gasteiger partial charge in [-0.05, 0) is 12.1 Å². The van der Waals surface area contributed by atoms with Crippen molar-refractivity contribution in [2.24, 2.45) is 5.73 Å². The summed E-state index contributed by atoms with van der Waals surface area (Å²) < 4.78 is 17.9. The molecule has 1 atom stereocenters. The topological polar surface area (TPSA) is 102 Å². The highest BCUT2D eigenvalue weighted by Crippen LogP contribution is 2.24. The molecule has 0 aliphatic rings. The van der Waals surface area contributed by atoms with Crippen molar-refractivity contribution in [3.63, 3.8) is 0 Å². The summed E-state index contributed by atoms with van der Waals surface area (Å²) >= 11 is 0. The molecule has 0 saturated carbocycles. The van der Waals surface area contributed by atoms with E-state index in [0.29, 0.717) is 0 Å². The Bertz CT molecular complexity index is 464. The van der Waals surface area contributed by atoms with Gasteiger partial charge in [-0.2, -0.15) is 0 Å². The highest BCUT2D eigenvalue weighted by atomic mass is 19.1. The number of nitrogens with one attached hydrogen (secondary N) is 1. The van der Waals surface area contributed by atoms with Crippen molar-refractivity contribution in [1.29, 1.82) is 0 Å². The van der Waals surface area contributed by atoms with Gasteiger partial charge in [0.05, 0.1) is 19.2 Å². The van der Waals surface area contributed by atoms with Crippen molar-refractivity contribution in [2.75, 3.05) is 12.4 Å². The number of aliphatic carboxylic acids is 1. The van der Waals surface area contributed by atoms with Crippen LogP contribution in [0.25, 0.3) is 0 Å². The number of anilines is 1. The average molecular weight is 256 g/mol. The first kappa shape index (κ1) is 13.9. The molecule has 0 aliphatic carbocycles. The van der Waals surface area contributed by atoms with Crippen LogP contribution in [-0.4, -0.2) is 30.1 Å². The largest absolute Gasteiger partial charge is 0.495 e. The lowest BCUT2D eigenvalue weighted by Crippen LogP contribution is -2.34. The van der Waals surface area contributed by atoms with Crippen LogP contribution in [0.3, 0.4) is 0 Å². The molecule has 18 heavy (non-hydrogen) atoms. The highest BCUT2D eigenvalue weighted by molar-refractivity contribution is 5.95. The Balaban J connectivity index is 2.75. The van der Waals surface area contributed by atoms with Gasteiger partial charge in [0.25, 0.3) is 0 Å². The zero-order valence-electron chi connectivity index (χ0n) is 9.64. The first-order valence-corrected chi connectivity index (χ1v) is 5.06. The number of ether oxygens (including phenoxy) is 1. The summed E-state index contributed by atoms with van der Waals surface area (Å²) in [6.45, 7) is 0. The predicted molar refractivity (Wildman–Crippen MR) is 61.8 cm³/mol. The van der Waals surface area contributed by atoms with E-state index in [1.54, 1.807) is 0 Å². The summed E-state index contributed by atoms with van der Waals surface area (Å²) in [4.78, 5) is 21.9. The van der Waals surface area contributed by atoms with E-state index in [2.05, 4.69) is 5.32 Å². The molecule has 6 nitrogen and oxygen atoms in total. The van der Waals surface area contributed by atoms with Crippen LogP contribution in [0.1, 0.15) is 6.42 Å². The Labute approximate surface area is 103 Å². The van der Waals surface area contributed by atoms with E-state index in [0.717, 1.165) is 6.07 Å². The molecule has 0 heterocycles. The number of carboxylic acid groups (broad SMARTS) is 1. The fourth-order valence-corrected chi connectivity index (χ4v) is 1.27. The second-order valence-corrected chi connectivity index (χ2v) is 3.54. The van der Waals surface area contributed by atoms with Crippen molar-refractivity contribution < 1.29 is 23.8 Å². The van der Waals surface area contributed by atoms with Crippen molar-refractivity contribution in [1.82, 2.24) is 0 Å². The molecule has 0 bridgehead atoms. The van der Waals surface area contributed by atoms with Gasteiger partial charge in [0.2, 0.25) is 5.91 Å². The third-order valence-corrected chi connectivity index (χ3v) is 2.16. The molecule has 1 amide bonds. The number of halogens is 1. The van der Waals surface area contributed by atoms with Crippen molar-refractivity contribution in [2.45, 2.75) is 12.5 Å². The lowest BCUT2D eigenvalue weighted by atomic mass is 10.2. The van der Waals surface area contributed by atoms with Crippen LogP contribution in [0.2, 0.25) is 0 Å². The lowest BCUT2D eigenvalue weighted by molar-refractivity contribution is -0.140. The maximum Gasteiger partial charge on any atom is 0.321 e. The number of carbonyl (C=O) groups is 2. The smallest absolute Gasteiger partial charge is 0.321 e. The van der Waals surface area contributed by atoms with E-state index < -0.39 is 30.2 Å². The number of carbonyl (C=O) groups excluding carboxylic acids is 1. The fraction of sp³-hybridized carbons (Fsp3) is 0.273. The molecule has 1 unspecified atom stereocenters. The Kier molecular flexibility index (Phi) is 4.61. The van der Waals surface area contributed by atoms with Gasteiger partial charge in [0.15, 0.2) is 0 Å². The van der Waals surface area contributed by atoms with Crippen molar-refractivity contribution in [3.05, 3.63) is 24.0 Å². The van der Waals surface area contributed by atoms with Gasteiger partial charge < -0.3 is 20.9 Å². The number of nitrogens with two attached hydrogens (primary N) is 1. The van der Waals surface area contributed by atoms with Gasteiger partial charge in [0.1, 0.15) is 17.6 Å². The summed E-state index contributed by atoms with van der Waals surface area (Å²) in [7, 11) is 1.37. The van der Waals surface area contributed by atoms with Crippen LogP contribution >= 0.6 is 0 Å². The Morgan fingerprint density at radius 3 is 2.78 bits per heavy atom. The van der Waals surface area contributed by atoms with Crippen molar-refractivity contribution >= 4 is 17.6 Å². The highest BCUT2D eigenvalue weighted by Gasteiger charge is 2.17. The Hall–Kier alpha value is -2.15. The minimum absolute atomic E-state index is 0.125. The summed E-state index contributed by atoms with van der Waals surface area (Å²) in [5, 5.41) is 10.9. The first-order chi connectivity index (χ1) is 8.43. The molecule has 1 rings (SSSR count). The van der Waals surface area contributed by atoms with Crippen molar-refractivity contribution in [3.8, 4) is 5.75 Å². The maximum absolute atomic E-state index is 13.0. The minimum Gasteiger partial charge on any atom is -0.495 e. The van der Waals surface area contributed by atoms with E-state index in [9.17, 15) is 14.0 Å². The monoisotopic (exact) mass is 256 g/mol. The Morgan fingerprint density at radius 1 is 1.56 bits per heavy atom. The summed E-state index contributed by atoms with van der Waals surface area (Å²) in [6.07, 6.45) is -0.408. The molecule has 0 fully saturated rings. The van der Waals surface area contributed by atoms with Gasteiger partial charge >= 0.3 is 5.97 Å². The van der Waals surface area contributed by atoms with E-state index in [-0.39, 0.29) is 11.4 Å². The molecule has 0 radical (unpaired) electrons. The molecule has 98 valence electrons. The second-order valence-electron chi connectivity index (χ2n) is 3.54. The lowest BCUT2D eigenvalue weighted by Gasteiger charge is -2.11. The fourth-order valence-electron chi connectivity index (χ4n) is 1.27. The normalized spacial score (nSPS) is 11.7. The minimum atomic E-state index is -1.30. The number of methoxy groups -OCH3 is 1. The molecule has 7 heteroatoms. The zero-order valence-corrected chi connectivity index (χ0v) is 9.64. The second kappa shape index (κ2) is 5.97. The summed E-state index contributed by atoms with van der Waals surface area (Å²) in [5.41, 5.74) is 5.33.